The molecule has 0 radical (unpaired) electrons. The summed E-state index contributed by atoms with van der Waals surface area (Å²) >= 11 is 2.98. The number of halogens is 4. The molecule has 0 fully saturated rings. The summed E-state index contributed by atoms with van der Waals surface area (Å²) in [6.45, 7) is 0.289. The highest BCUT2D eigenvalue weighted by atomic mass is 79.9. The lowest BCUT2D eigenvalue weighted by Gasteiger charge is -2.10. The number of nitrogens with two attached hydrogens (primary N) is 1. The third-order valence-electron chi connectivity index (χ3n) is 2.60. The average Bonchev–Trinajstić information content (AvgIpc) is 2.38. The maximum Gasteiger partial charge on any atom is 0.198 e. The standard InChI is InChI=1S/C14H11BrF3NO/c15-10-2-1-9(7-11(10)16)20-14-12(17)5-8(3-4-19)6-13(14)18/h1-2,5-7H,3-4,19H2. The van der Waals surface area contributed by atoms with Crippen molar-refractivity contribution in [1.82, 2.24) is 0 Å². The Morgan fingerprint density at radius 1 is 1.00 bits per heavy atom. The van der Waals surface area contributed by atoms with Gasteiger partial charge in [0.2, 0.25) is 0 Å². The van der Waals surface area contributed by atoms with Gasteiger partial charge in [0.1, 0.15) is 11.6 Å². The van der Waals surface area contributed by atoms with E-state index in [0.29, 0.717) is 12.0 Å². The lowest BCUT2D eigenvalue weighted by Crippen LogP contribution is -2.04. The van der Waals surface area contributed by atoms with Crippen LogP contribution in [0.3, 0.4) is 0 Å². The Morgan fingerprint density at radius 3 is 2.20 bits per heavy atom. The van der Waals surface area contributed by atoms with Crippen molar-refractivity contribution in [3.8, 4) is 11.5 Å². The highest BCUT2D eigenvalue weighted by Gasteiger charge is 2.14. The van der Waals surface area contributed by atoms with Crippen LogP contribution in [0.25, 0.3) is 0 Å². The molecule has 0 aliphatic rings. The first-order chi connectivity index (χ1) is 9.51. The topological polar surface area (TPSA) is 35.2 Å². The van der Waals surface area contributed by atoms with Crippen LogP contribution in [0, 0.1) is 17.5 Å². The number of hydrogen-bond acceptors (Lipinski definition) is 2. The van der Waals surface area contributed by atoms with Gasteiger partial charge in [0.25, 0.3) is 0 Å². The number of rotatable bonds is 4. The Labute approximate surface area is 122 Å². The number of ether oxygens (including phenoxy) is 1. The molecule has 2 N–H and O–H groups in total. The molecular formula is C14H11BrF3NO. The van der Waals surface area contributed by atoms with Gasteiger partial charge in [0.05, 0.1) is 4.47 Å². The summed E-state index contributed by atoms with van der Waals surface area (Å²) in [5.41, 5.74) is 5.77. The molecule has 0 atom stereocenters. The van der Waals surface area contributed by atoms with Gasteiger partial charge in [-0.15, -0.1) is 0 Å². The number of hydrogen-bond donors (Lipinski definition) is 1. The lowest BCUT2D eigenvalue weighted by molar-refractivity contribution is 0.404. The second-order valence-corrected chi connectivity index (χ2v) is 4.96. The van der Waals surface area contributed by atoms with Crippen molar-refractivity contribution in [1.29, 1.82) is 0 Å². The normalized spacial score (nSPS) is 10.7. The molecule has 6 heteroatoms. The van der Waals surface area contributed by atoms with Crippen LogP contribution in [0.4, 0.5) is 13.2 Å². The predicted molar refractivity (Wildman–Crippen MR) is 73.3 cm³/mol. The third kappa shape index (κ3) is 3.32. The van der Waals surface area contributed by atoms with Gasteiger partial charge in [-0.25, -0.2) is 13.2 Å². The quantitative estimate of drug-likeness (QED) is 0.902. The van der Waals surface area contributed by atoms with Gasteiger partial charge in [-0.05, 0) is 58.7 Å². The summed E-state index contributed by atoms with van der Waals surface area (Å²) in [7, 11) is 0. The molecule has 0 bridgehead atoms. The molecule has 0 aliphatic carbocycles. The van der Waals surface area contributed by atoms with Gasteiger partial charge >= 0.3 is 0 Å². The molecule has 0 aromatic heterocycles. The highest BCUT2D eigenvalue weighted by molar-refractivity contribution is 9.10. The van der Waals surface area contributed by atoms with Gasteiger partial charge in [0.15, 0.2) is 17.4 Å². The molecule has 0 heterocycles. The summed E-state index contributed by atoms with van der Waals surface area (Å²) in [5, 5.41) is 0. The van der Waals surface area contributed by atoms with Crippen LogP contribution >= 0.6 is 15.9 Å². The van der Waals surface area contributed by atoms with Crippen LogP contribution < -0.4 is 10.5 Å². The molecule has 0 amide bonds. The maximum absolute atomic E-state index is 13.8. The van der Waals surface area contributed by atoms with Crippen molar-refractivity contribution in [2.24, 2.45) is 5.73 Å². The average molecular weight is 346 g/mol. The molecule has 2 nitrogen and oxygen atoms in total. The molecule has 0 unspecified atom stereocenters. The van der Waals surface area contributed by atoms with Crippen LogP contribution in [-0.4, -0.2) is 6.54 Å². The monoisotopic (exact) mass is 345 g/mol. The van der Waals surface area contributed by atoms with E-state index in [-0.39, 0.29) is 16.8 Å². The van der Waals surface area contributed by atoms with Crippen LogP contribution in [-0.2, 0) is 6.42 Å². The molecule has 0 spiro atoms. The first-order valence-electron chi connectivity index (χ1n) is 5.82. The van der Waals surface area contributed by atoms with E-state index in [4.69, 9.17) is 10.5 Å². The molecule has 20 heavy (non-hydrogen) atoms. The minimum atomic E-state index is -0.850. The number of benzene rings is 2. The summed E-state index contributed by atoms with van der Waals surface area (Å²) in [4.78, 5) is 0. The maximum atomic E-state index is 13.8. The molecule has 0 saturated heterocycles. The van der Waals surface area contributed by atoms with Crippen molar-refractivity contribution in [3.63, 3.8) is 0 Å². The minimum Gasteiger partial charge on any atom is -0.451 e. The summed E-state index contributed by atoms with van der Waals surface area (Å²) in [6.07, 6.45) is 0.362. The Morgan fingerprint density at radius 2 is 1.65 bits per heavy atom. The van der Waals surface area contributed by atoms with Gasteiger partial charge in [-0.3, -0.25) is 0 Å². The van der Waals surface area contributed by atoms with E-state index >= 15 is 0 Å². The second-order valence-electron chi connectivity index (χ2n) is 4.11. The predicted octanol–water partition coefficient (Wildman–Crippen LogP) is 4.16. The fourth-order valence-corrected chi connectivity index (χ4v) is 1.93. The molecule has 106 valence electrons. The van der Waals surface area contributed by atoms with E-state index in [9.17, 15) is 13.2 Å². The molecule has 2 aromatic carbocycles. The Hall–Kier alpha value is -1.53. The lowest BCUT2D eigenvalue weighted by atomic mass is 10.1. The van der Waals surface area contributed by atoms with Gasteiger partial charge < -0.3 is 10.5 Å². The third-order valence-corrected chi connectivity index (χ3v) is 3.25. The summed E-state index contributed by atoms with van der Waals surface area (Å²) in [6, 6.07) is 6.14. The molecule has 0 aliphatic heterocycles. The summed E-state index contributed by atoms with van der Waals surface area (Å²) < 4.78 is 46.2. The molecular weight excluding hydrogens is 335 g/mol. The zero-order valence-corrected chi connectivity index (χ0v) is 11.9. The van der Waals surface area contributed by atoms with Crippen LogP contribution in [0.5, 0.6) is 11.5 Å². The molecule has 0 saturated carbocycles. The highest BCUT2D eigenvalue weighted by Crippen LogP contribution is 2.30. The van der Waals surface area contributed by atoms with Crippen molar-refractivity contribution < 1.29 is 17.9 Å². The van der Waals surface area contributed by atoms with E-state index in [1.807, 2.05) is 0 Å². The van der Waals surface area contributed by atoms with Crippen molar-refractivity contribution >= 4 is 15.9 Å². The smallest absolute Gasteiger partial charge is 0.198 e. The van der Waals surface area contributed by atoms with E-state index in [1.54, 1.807) is 0 Å². The van der Waals surface area contributed by atoms with Gasteiger partial charge in [-0.1, -0.05) is 0 Å². The molecule has 2 aromatic rings. The molecule has 2 rings (SSSR count). The first-order valence-corrected chi connectivity index (χ1v) is 6.61. The Bertz CT molecular complexity index is 611. The fourth-order valence-electron chi connectivity index (χ4n) is 1.68. The van der Waals surface area contributed by atoms with E-state index < -0.39 is 23.2 Å². The second kappa shape index (κ2) is 6.28. The minimum absolute atomic E-state index is 0.00933. The van der Waals surface area contributed by atoms with Crippen LogP contribution in [0.15, 0.2) is 34.8 Å². The first kappa shape index (κ1) is 14.9. The van der Waals surface area contributed by atoms with Crippen LogP contribution in [0.1, 0.15) is 5.56 Å². The van der Waals surface area contributed by atoms with E-state index in [2.05, 4.69) is 15.9 Å². The van der Waals surface area contributed by atoms with Gasteiger partial charge in [-0.2, -0.15) is 0 Å². The van der Waals surface area contributed by atoms with Crippen molar-refractivity contribution in [3.05, 3.63) is 57.8 Å². The largest absolute Gasteiger partial charge is 0.451 e. The zero-order chi connectivity index (χ0) is 14.7. The Kier molecular flexibility index (Phi) is 4.67. The zero-order valence-electron chi connectivity index (χ0n) is 10.3. The summed E-state index contributed by atoms with van der Waals surface area (Å²) in [5.74, 6) is -2.83. The van der Waals surface area contributed by atoms with E-state index in [0.717, 1.165) is 18.2 Å². The van der Waals surface area contributed by atoms with Crippen molar-refractivity contribution in [2.75, 3.05) is 6.54 Å². The Balaban J connectivity index is 2.31. The van der Waals surface area contributed by atoms with Gasteiger partial charge in [0, 0.05) is 6.07 Å². The SMILES string of the molecule is NCCc1cc(F)c(Oc2ccc(Br)c(F)c2)c(F)c1. The van der Waals surface area contributed by atoms with Crippen LogP contribution in [0.2, 0.25) is 0 Å². The fraction of sp³-hybridized carbons (Fsp3) is 0.143. The van der Waals surface area contributed by atoms with Crippen molar-refractivity contribution in [2.45, 2.75) is 6.42 Å². The van der Waals surface area contributed by atoms with E-state index in [1.165, 1.54) is 12.1 Å².